The summed E-state index contributed by atoms with van der Waals surface area (Å²) < 4.78 is 0. The predicted octanol–water partition coefficient (Wildman–Crippen LogP) is 2.76. The molecule has 3 fully saturated rings. The predicted molar refractivity (Wildman–Crippen MR) is 130 cm³/mol. The summed E-state index contributed by atoms with van der Waals surface area (Å²) in [5.41, 5.74) is -0.402. The van der Waals surface area contributed by atoms with Crippen molar-refractivity contribution in [2.75, 3.05) is 6.61 Å². The average Bonchev–Trinajstić information content (AvgIpc) is 3.06. The molecular formula is C28H44O6. The Bertz CT molecular complexity index is 867. The fourth-order valence-electron chi connectivity index (χ4n) is 8.31. The fraction of sp³-hybridized carbons (Fsp3) is 0.821. The van der Waals surface area contributed by atoms with Crippen molar-refractivity contribution in [1.29, 1.82) is 0 Å². The minimum Gasteiger partial charge on any atom is -0.396 e. The maximum absolute atomic E-state index is 13.3. The molecule has 0 saturated heterocycles. The van der Waals surface area contributed by atoms with Gasteiger partial charge in [0.15, 0.2) is 5.78 Å². The number of fused-ring (bicyclic) bond motifs is 5. The van der Waals surface area contributed by atoms with Gasteiger partial charge < -0.3 is 25.5 Å². The van der Waals surface area contributed by atoms with E-state index in [1.54, 1.807) is 6.08 Å². The van der Waals surface area contributed by atoms with Crippen LogP contribution in [-0.2, 0) is 4.79 Å². The fourth-order valence-corrected chi connectivity index (χ4v) is 8.31. The van der Waals surface area contributed by atoms with Crippen molar-refractivity contribution in [3.63, 3.8) is 0 Å². The zero-order valence-corrected chi connectivity index (χ0v) is 21.2. The van der Waals surface area contributed by atoms with Crippen LogP contribution in [0.25, 0.3) is 0 Å². The van der Waals surface area contributed by atoms with Gasteiger partial charge in [-0.05, 0) is 85.7 Å². The summed E-state index contributed by atoms with van der Waals surface area (Å²) in [5, 5.41) is 53.4. The highest BCUT2D eigenvalue weighted by Crippen LogP contribution is 2.68. The Labute approximate surface area is 203 Å². The Balaban J connectivity index is 1.62. The quantitative estimate of drug-likeness (QED) is 0.376. The SMILES string of the molecule is C=C(C[C@@H](O)[C@@H](C)[C@H]1CC[C@@]2(O)C3=CC(=O)[C@@H]4C[C@@H](O)[C@@H](O)C[C@]4(C)[C@H]3CC[C@]12C)C(C)CO. The van der Waals surface area contributed by atoms with E-state index in [0.29, 0.717) is 19.3 Å². The summed E-state index contributed by atoms with van der Waals surface area (Å²) in [6.45, 7) is 12.2. The molecule has 192 valence electrons. The van der Waals surface area contributed by atoms with E-state index in [1.807, 2.05) is 13.8 Å². The minimum absolute atomic E-state index is 0.000383. The first-order valence-corrected chi connectivity index (χ1v) is 13.1. The third-order valence-electron chi connectivity index (χ3n) is 10.9. The first-order chi connectivity index (χ1) is 15.8. The van der Waals surface area contributed by atoms with Gasteiger partial charge in [0, 0.05) is 17.9 Å². The summed E-state index contributed by atoms with van der Waals surface area (Å²) in [4.78, 5) is 13.3. The number of rotatable bonds is 6. The Hall–Kier alpha value is -1.05. The van der Waals surface area contributed by atoms with Crippen LogP contribution in [0.4, 0.5) is 0 Å². The van der Waals surface area contributed by atoms with Crippen LogP contribution in [0.3, 0.4) is 0 Å². The number of allylic oxidation sites excluding steroid dienone is 1. The molecule has 0 bridgehead atoms. The molecule has 0 heterocycles. The monoisotopic (exact) mass is 476 g/mol. The van der Waals surface area contributed by atoms with Crippen molar-refractivity contribution in [3.8, 4) is 0 Å². The molecule has 4 aliphatic rings. The van der Waals surface area contributed by atoms with Gasteiger partial charge in [-0.2, -0.15) is 0 Å². The lowest BCUT2D eigenvalue weighted by atomic mass is 9.46. The Morgan fingerprint density at radius 2 is 1.82 bits per heavy atom. The lowest BCUT2D eigenvalue weighted by Crippen LogP contribution is -2.61. The summed E-state index contributed by atoms with van der Waals surface area (Å²) in [6.07, 6.45) is 3.34. The number of carbonyl (C=O) groups is 1. The number of aliphatic hydroxyl groups excluding tert-OH is 4. The van der Waals surface area contributed by atoms with E-state index in [2.05, 4.69) is 20.4 Å². The van der Waals surface area contributed by atoms with Crippen LogP contribution in [0, 0.1) is 40.4 Å². The van der Waals surface area contributed by atoms with Crippen LogP contribution >= 0.6 is 0 Å². The van der Waals surface area contributed by atoms with Crippen LogP contribution < -0.4 is 0 Å². The largest absolute Gasteiger partial charge is 0.396 e. The van der Waals surface area contributed by atoms with Crippen molar-refractivity contribution in [3.05, 3.63) is 23.8 Å². The molecule has 0 aromatic heterocycles. The number of aliphatic hydroxyl groups is 5. The lowest BCUT2D eigenvalue weighted by molar-refractivity contribution is -0.154. The molecule has 0 amide bonds. The summed E-state index contributed by atoms with van der Waals surface area (Å²) >= 11 is 0. The average molecular weight is 477 g/mol. The summed E-state index contributed by atoms with van der Waals surface area (Å²) in [5.74, 6) is -0.406. The van der Waals surface area contributed by atoms with Crippen LogP contribution in [0.5, 0.6) is 0 Å². The van der Waals surface area contributed by atoms with Gasteiger partial charge in [-0.15, -0.1) is 0 Å². The van der Waals surface area contributed by atoms with E-state index in [4.69, 9.17) is 0 Å². The van der Waals surface area contributed by atoms with E-state index in [9.17, 15) is 30.3 Å². The van der Waals surface area contributed by atoms with E-state index >= 15 is 0 Å². The zero-order valence-electron chi connectivity index (χ0n) is 21.2. The van der Waals surface area contributed by atoms with Crippen LogP contribution in [0.15, 0.2) is 23.8 Å². The van der Waals surface area contributed by atoms with Crippen LogP contribution in [0.2, 0.25) is 0 Å². The molecule has 5 N–H and O–H groups in total. The number of carbonyl (C=O) groups excluding carboxylic acids is 1. The van der Waals surface area contributed by atoms with Gasteiger partial charge in [0.2, 0.25) is 0 Å². The molecule has 11 atom stereocenters. The van der Waals surface area contributed by atoms with Crippen molar-refractivity contribution in [2.45, 2.75) is 96.6 Å². The first-order valence-electron chi connectivity index (χ1n) is 13.1. The maximum atomic E-state index is 13.3. The first kappa shape index (κ1) is 26.0. The molecule has 0 aromatic rings. The summed E-state index contributed by atoms with van der Waals surface area (Å²) in [6, 6.07) is 0. The van der Waals surface area contributed by atoms with Crippen molar-refractivity contribution < 1.29 is 30.3 Å². The third kappa shape index (κ3) is 3.67. The Morgan fingerprint density at radius 3 is 2.47 bits per heavy atom. The zero-order chi connectivity index (χ0) is 25.2. The normalized spacial score (nSPS) is 46.6. The molecule has 0 aromatic carbocycles. The topological polar surface area (TPSA) is 118 Å². The Morgan fingerprint density at radius 1 is 1.15 bits per heavy atom. The molecule has 6 heteroatoms. The van der Waals surface area contributed by atoms with Crippen LogP contribution in [-0.4, -0.2) is 61.8 Å². The van der Waals surface area contributed by atoms with E-state index < -0.39 is 34.7 Å². The van der Waals surface area contributed by atoms with E-state index in [-0.39, 0.29) is 48.4 Å². The number of ketones is 1. The molecule has 0 aliphatic heterocycles. The van der Waals surface area contributed by atoms with Gasteiger partial charge in [0.25, 0.3) is 0 Å². The van der Waals surface area contributed by atoms with Gasteiger partial charge >= 0.3 is 0 Å². The highest BCUT2D eigenvalue weighted by molar-refractivity contribution is 5.95. The third-order valence-corrected chi connectivity index (χ3v) is 10.9. The van der Waals surface area contributed by atoms with Gasteiger partial charge in [0.1, 0.15) is 0 Å². The molecule has 6 nitrogen and oxygen atoms in total. The molecule has 4 aliphatic carbocycles. The van der Waals surface area contributed by atoms with Crippen molar-refractivity contribution >= 4 is 5.78 Å². The second-order valence-electron chi connectivity index (χ2n) is 12.5. The molecular weight excluding hydrogens is 432 g/mol. The minimum atomic E-state index is -1.12. The maximum Gasteiger partial charge on any atom is 0.159 e. The van der Waals surface area contributed by atoms with Gasteiger partial charge in [-0.3, -0.25) is 4.79 Å². The molecule has 3 saturated carbocycles. The lowest BCUT2D eigenvalue weighted by Gasteiger charge is -2.60. The highest BCUT2D eigenvalue weighted by Gasteiger charge is 2.67. The smallest absolute Gasteiger partial charge is 0.159 e. The van der Waals surface area contributed by atoms with E-state index in [1.165, 1.54) is 0 Å². The van der Waals surface area contributed by atoms with Crippen molar-refractivity contribution in [1.82, 2.24) is 0 Å². The second-order valence-corrected chi connectivity index (χ2v) is 12.5. The molecule has 34 heavy (non-hydrogen) atoms. The second kappa shape index (κ2) is 8.81. The number of hydrogen-bond acceptors (Lipinski definition) is 6. The van der Waals surface area contributed by atoms with Gasteiger partial charge in [-0.25, -0.2) is 0 Å². The Kier molecular flexibility index (Phi) is 6.74. The van der Waals surface area contributed by atoms with Gasteiger partial charge in [-0.1, -0.05) is 39.8 Å². The highest BCUT2D eigenvalue weighted by atomic mass is 16.3. The standard InChI is InChI=1S/C28H44O6/c1-15(16(2)14-29)10-22(30)17(3)18-7-9-28(34)20-11-23(31)21-12-24(32)25(33)13-26(21,4)19(20)6-8-27(18,28)5/h11,16-19,21-22,24-25,29-30,32-34H,1,6-10,12-14H2,2-5H3/t16?,17-,18+,19-,21-,22+,24+,25-,26+,27+,28+/m0/s1. The van der Waals surface area contributed by atoms with Crippen molar-refractivity contribution in [2.24, 2.45) is 40.4 Å². The summed E-state index contributed by atoms with van der Waals surface area (Å²) in [7, 11) is 0. The van der Waals surface area contributed by atoms with E-state index in [0.717, 1.165) is 30.4 Å². The molecule has 0 radical (unpaired) electrons. The van der Waals surface area contributed by atoms with Gasteiger partial charge in [0.05, 0.1) is 23.9 Å². The number of hydrogen-bond donors (Lipinski definition) is 5. The molecule has 0 spiro atoms. The van der Waals surface area contributed by atoms with Crippen LogP contribution in [0.1, 0.15) is 72.6 Å². The molecule has 4 rings (SSSR count). The molecule has 1 unspecified atom stereocenters.